The van der Waals surface area contributed by atoms with Gasteiger partial charge in [0.25, 0.3) is 0 Å². The van der Waals surface area contributed by atoms with E-state index in [2.05, 4.69) is 4.90 Å². The highest BCUT2D eigenvalue weighted by molar-refractivity contribution is 4.98. The molecule has 0 aromatic carbocycles. The third kappa shape index (κ3) is 1.62. The van der Waals surface area contributed by atoms with E-state index in [9.17, 15) is 0 Å². The van der Waals surface area contributed by atoms with Gasteiger partial charge in [-0.2, -0.15) is 0 Å². The van der Waals surface area contributed by atoms with E-state index >= 15 is 0 Å². The van der Waals surface area contributed by atoms with Crippen LogP contribution in [0.2, 0.25) is 0 Å². The number of hydrogen-bond donors (Lipinski definition) is 0. The maximum atomic E-state index is 5.68. The Hall–Kier alpha value is -0.0800. The highest BCUT2D eigenvalue weighted by atomic mass is 16.5. The molecule has 2 heteroatoms. The first-order valence-electron chi connectivity index (χ1n) is 5.79. The summed E-state index contributed by atoms with van der Waals surface area (Å²) in [5.74, 6) is 1.06. The van der Waals surface area contributed by atoms with Gasteiger partial charge in [-0.25, -0.2) is 0 Å². The molecule has 2 aliphatic heterocycles. The Balaban J connectivity index is 1.53. The molecule has 3 aliphatic rings. The van der Waals surface area contributed by atoms with E-state index in [4.69, 9.17) is 4.74 Å². The van der Waals surface area contributed by atoms with Crippen LogP contribution in [0.25, 0.3) is 0 Å². The van der Waals surface area contributed by atoms with Crippen LogP contribution in [-0.4, -0.2) is 36.7 Å². The summed E-state index contributed by atoms with van der Waals surface area (Å²) in [7, 11) is 0. The minimum atomic E-state index is 0.569. The zero-order valence-corrected chi connectivity index (χ0v) is 8.24. The molecule has 0 aromatic rings. The van der Waals surface area contributed by atoms with Crippen molar-refractivity contribution in [2.24, 2.45) is 5.92 Å². The SMILES string of the molecule is C1CO[C@@H](CN2CCCC3CC32)C1. The van der Waals surface area contributed by atoms with Gasteiger partial charge in [0, 0.05) is 19.2 Å². The second-order valence-electron chi connectivity index (χ2n) is 4.84. The van der Waals surface area contributed by atoms with Crippen LogP contribution in [-0.2, 0) is 4.74 Å². The lowest BCUT2D eigenvalue weighted by molar-refractivity contribution is 0.0628. The fourth-order valence-corrected chi connectivity index (χ4v) is 2.99. The van der Waals surface area contributed by atoms with Gasteiger partial charge in [0.1, 0.15) is 0 Å². The molecule has 0 N–H and O–H groups in total. The van der Waals surface area contributed by atoms with E-state index in [1.807, 2.05) is 0 Å². The van der Waals surface area contributed by atoms with Crippen molar-refractivity contribution in [3.8, 4) is 0 Å². The van der Waals surface area contributed by atoms with Crippen LogP contribution < -0.4 is 0 Å². The van der Waals surface area contributed by atoms with Gasteiger partial charge in [-0.3, -0.25) is 4.90 Å². The van der Waals surface area contributed by atoms with Gasteiger partial charge in [0.2, 0.25) is 0 Å². The van der Waals surface area contributed by atoms with Crippen molar-refractivity contribution in [2.45, 2.75) is 44.2 Å². The summed E-state index contributed by atoms with van der Waals surface area (Å²) in [6, 6.07) is 0.956. The van der Waals surface area contributed by atoms with E-state index in [0.717, 1.165) is 18.6 Å². The molecular formula is C11H19NO. The second kappa shape index (κ2) is 3.25. The van der Waals surface area contributed by atoms with Crippen molar-refractivity contribution in [3.05, 3.63) is 0 Å². The average Bonchev–Trinajstić information content (AvgIpc) is 2.77. The molecule has 2 nitrogen and oxygen atoms in total. The molecule has 3 rings (SSSR count). The molecule has 2 heterocycles. The van der Waals surface area contributed by atoms with E-state index in [0.29, 0.717) is 6.10 Å². The van der Waals surface area contributed by atoms with Crippen LogP contribution in [0.3, 0.4) is 0 Å². The number of nitrogens with zero attached hydrogens (tertiary/aromatic N) is 1. The Morgan fingerprint density at radius 1 is 1.23 bits per heavy atom. The Morgan fingerprint density at radius 2 is 2.23 bits per heavy atom. The maximum Gasteiger partial charge on any atom is 0.0702 e. The molecular weight excluding hydrogens is 162 g/mol. The van der Waals surface area contributed by atoms with E-state index in [-0.39, 0.29) is 0 Å². The molecule has 0 bridgehead atoms. The fraction of sp³-hybridized carbons (Fsp3) is 1.00. The quantitative estimate of drug-likeness (QED) is 0.642. The lowest BCUT2D eigenvalue weighted by Crippen LogP contribution is -2.37. The van der Waals surface area contributed by atoms with Gasteiger partial charge in [-0.05, 0) is 44.6 Å². The smallest absolute Gasteiger partial charge is 0.0702 e. The molecule has 3 atom stereocenters. The molecule has 3 fully saturated rings. The van der Waals surface area contributed by atoms with Crippen molar-refractivity contribution in [1.29, 1.82) is 0 Å². The molecule has 2 saturated heterocycles. The largest absolute Gasteiger partial charge is 0.377 e. The number of likely N-dealkylation sites (tertiary alicyclic amines) is 1. The van der Waals surface area contributed by atoms with Crippen molar-refractivity contribution < 1.29 is 4.74 Å². The lowest BCUT2D eigenvalue weighted by atomic mass is 10.1. The number of ether oxygens (including phenoxy) is 1. The van der Waals surface area contributed by atoms with Gasteiger partial charge in [-0.15, -0.1) is 0 Å². The summed E-state index contributed by atoms with van der Waals surface area (Å²) in [6.07, 6.45) is 7.55. The number of piperidine rings is 1. The second-order valence-corrected chi connectivity index (χ2v) is 4.84. The maximum absolute atomic E-state index is 5.68. The Morgan fingerprint density at radius 3 is 3.08 bits per heavy atom. The summed E-state index contributed by atoms with van der Waals surface area (Å²) < 4.78 is 5.68. The monoisotopic (exact) mass is 181 g/mol. The average molecular weight is 181 g/mol. The normalized spacial score (nSPS) is 44.8. The van der Waals surface area contributed by atoms with Gasteiger partial charge < -0.3 is 4.74 Å². The minimum absolute atomic E-state index is 0.569. The standard InChI is InChI=1S/C11H19NO/c1-3-9-7-11(9)12(5-1)8-10-4-2-6-13-10/h9-11H,1-8H2/t9?,10-,11?/m1/s1. The van der Waals surface area contributed by atoms with Gasteiger partial charge in [-0.1, -0.05) is 0 Å². The summed E-state index contributed by atoms with van der Waals surface area (Å²) in [5.41, 5.74) is 0. The van der Waals surface area contributed by atoms with Crippen LogP contribution >= 0.6 is 0 Å². The van der Waals surface area contributed by atoms with Crippen molar-refractivity contribution in [2.75, 3.05) is 19.7 Å². The van der Waals surface area contributed by atoms with Crippen LogP contribution in [0, 0.1) is 5.92 Å². The predicted molar refractivity (Wildman–Crippen MR) is 51.7 cm³/mol. The molecule has 1 saturated carbocycles. The minimum Gasteiger partial charge on any atom is -0.377 e. The predicted octanol–water partition coefficient (Wildman–Crippen LogP) is 1.65. The van der Waals surface area contributed by atoms with Gasteiger partial charge >= 0.3 is 0 Å². The topological polar surface area (TPSA) is 12.5 Å². The van der Waals surface area contributed by atoms with E-state index in [1.54, 1.807) is 0 Å². The molecule has 2 unspecified atom stereocenters. The van der Waals surface area contributed by atoms with Crippen LogP contribution in [0.1, 0.15) is 32.1 Å². The summed E-state index contributed by atoms with van der Waals surface area (Å²) >= 11 is 0. The van der Waals surface area contributed by atoms with E-state index in [1.165, 1.54) is 45.2 Å². The number of rotatable bonds is 2. The third-order valence-electron chi connectivity index (χ3n) is 3.84. The molecule has 13 heavy (non-hydrogen) atoms. The van der Waals surface area contributed by atoms with Crippen molar-refractivity contribution >= 4 is 0 Å². The summed E-state index contributed by atoms with van der Waals surface area (Å²) in [5, 5.41) is 0. The molecule has 0 aromatic heterocycles. The lowest BCUT2D eigenvalue weighted by Gasteiger charge is -2.28. The van der Waals surface area contributed by atoms with Crippen LogP contribution in [0.5, 0.6) is 0 Å². The zero-order valence-electron chi connectivity index (χ0n) is 8.24. The molecule has 0 spiro atoms. The Kier molecular flexibility index (Phi) is 2.06. The zero-order chi connectivity index (χ0) is 8.67. The van der Waals surface area contributed by atoms with Crippen molar-refractivity contribution in [1.82, 2.24) is 4.90 Å². The Labute approximate surface area is 80.2 Å². The van der Waals surface area contributed by atoms with Crippen molar-refractivity contribution in [3.63, 3.8) is 0 Å². The molecule has 1 aliphatic carbocycles. The number of hydrogen-bond acceptors (Lipinski definition) is 2. The first-order chi connectivity index (χ1) is 6.43. The molecule has 0 amide bonds. The fourth-order valence-electron chi connectivity index (χ4n) is 2.99. The molecule has 0 radical (unpaired) electrons. The summed E-state index contributed by atoms with van der Waals surface area (Å²) in [4.78, 5) is 2.68. The van der Waals surface area contributed by atoms with Crippen LogP contribution in [0.15, 0.2) is 0 Å². The third-order valence-corrected chi connectivity index (χ3v) is 3.84. The highest BCUT2D eigenvalue weighted by Gasteiger charge is 2.44. The molecule has 74 valence electrons. The summed E-state index contributed by atoms with van der Waals surface area (Å²) in [6.45, 7) is 3.56. The number of fused-ring (bicyclic) bond motifs is 1. The Bertz CT molecular complexity index is 189. The van der Waals surface area contributed by atoms with Gasteiger partial charge in [0.05, 0.1) is 6.10 Å². The first-order valence-corrected chi connectivity index (χ1v) is 5.79. The highest BCUT2D eigenvalue weighted by Crippen LogP contribution is 2.43. The van der Waals surface area contributed by atoms with Crippen LogP contribution in [0.4, 0.5) is 0 Å². The van der Waals surface area contributed by atoms with Gasteiger partial charge in [0.15, 0.2) is 0 Å². The van der Waals surface area contributed by atoms with E-state index < -0.39 is 0 Å². The first kappa shape index (κ1) is 8.25.